The summed E-state index contributed by atoms with van der Waals surface area (Å²) in [4.78, 5) is 19.7. The van der Waals surface area contributed by atoms with Crippen LogP contribution >= 0.6 is 34.8 Å². The van der Waals surface area contributed by atoms with Crippen LogP contribution in [-0.2, 0) is 18.2 Å². The molecule has 10 heteroatoms. The number of alkyl halides is 3. The van der Waals surface area contributed by atoms with Crippen LogP contribution in [0.15, 0.2) is 9.68 Å². The Kier molecular flexibility index (Phi) is 5.18. The molecule has 1 aromatic rings. The number of hydrogen-bond acceptors (Lipinski definition) is 7. The SMILES string of the molecule is CCOC(=O)/C(=N\OC)c1noc(C(Cl)(Cl)Cl)n1. The monoisotopic (exact) mass is 315 g/mol. The van der Waals surface area contributed by atoms with Gasteiger partial charge in [-0.3, -0.25) is 0 Å². The lowest BCUT2D eigenvalue weighted by molar-refractivity contribution is -0.135. The van der Waals surface area contributed by atoms with Crippen LogP contribution in [0.4, 0.5) is 0 Å². The maximum Gasteiger partial charge on any atom is 0.364 e. The summed E-state index contributed by atoms with van der Waals surface area (Å²) in [6, 6.07) is 0. The second-order valence-corrected chi connectivity index (χ2v) is 5.05. The van der Waals surface area contributed by atoms with Crippen molar-refractivity contribution in [2.75, 3.05) is 13.7 Å². The first-order chi connectivity index (χ1) is 8.40. The number of hydrogen-bond donors (Lipinski definition) is 0. The lowest BCUT2D eigenvalue weighted by Crippen LogP contribution is -2.20. The Labute approximate surface area is 117 Å². The molecular weight excluding hydrogens is 308 g/mol. The van der Waals surface area contributed by atoms with Gasteiger partial charge in [0.25, 0.3) is 9.68 Å². The smallest absolute Gasteiger partial charge is 0.364 e. The molecule has 0 atom stereocenters. The van der Waals surface area contributed by atoms with E-state index in [1.165, 1.54) is 7.11 Å². The van der Waals surface area contributed by atoms with E-state index in [0.29, 0.717) is 0 Å². The average Bonchev–Trinajstić information content (AvgIpc) is 2.74. The van der Waals surface area contributed by atoms with Gasteiger partial charge in [-0.1, -0.05) is 45.1 Å². The lowest BCUT2D eigenvalue weighted by Gasteiger charge is -2.02. The van der Waals surface area contributed by atoms with E-state index in [1.54, 1.807) is 6.92 Å². The summed E-state index contributed by atoms with van der Waals surface area (Å²) in [6.07, 6.45) is 0. The third-order valence-electron chi connectivity index (χ3n) is 1.53. The van der Waals surface area contributed by atoms with Crippen molar-refractivity contribution in [1.29, 1.82) is 0 Å². The van der Waals surface area contributed by atoms with Crippen molar-refractivity contribution in [3.8, 4) is 0 Å². The van der Waals surface area contributed by atoms with Gasteiger partial charge in [-0.25, -0.2) is 4.79 Å². The second-order valence-electron chi connectivity index (χ2n) is 2.76. The summed E-state index contributed by atoms with van der Waals surface area (Å²) in [5, 5.41) is 6.89. The Morgan fingerprint density at radius 1 is 1.50 bits per heavy atom. The third-order valence-corrected chi connectivity index (χ3v) is 2.02. The zero-order valence-corrected chi connectivity index (χ0v) is 11.6. The molecule has 0 saturated carbocycles. The van der Waals surface area contributed by atoms with E-state index in [4.69, 9.17) is 39.5 Å². The molecule has 0 aromatic carbocycles. The highest BCUT2D eigenvalue weighted by Gasteiger charge is 2.33. The fraction of sp³-hybridized carbons (Fsp3) is 0.500. The van der Waals surface area contributed by atoms with Crippen LogP contribution in [0.25, 0.3) is 0 Å². The minimum atomic E-state index is -1.89. The summed E-state index contributed by atoms with van der Waals surface area (Å²) in [5.74, 6) is -1.27. The molecule has 0 amide bonds. The number of esters is 1. The first-order valence-corrected chi connectivity index (χ1v) is 5.73. The normalized spacial score (nSPS) is 12.4. The average molecular weight is 317 g/mol. The molecule has 0 fully saturated rings. The van der Waals surface area contributed by atoms with E-state index in [1.807, 2.05) is 0 Å². The second kappa shape index (κ2) is 6.21. The molecule has 0 spiro atoms. The maximum atomic E-state index is 11.5. The Morgan fingerprint density at radius 3 is 2.61 bits per heavy atom. The van der Waals surface area contributed by atoms with Gasteiger partial charge in [-0.2, -0.15) is 4.98 Å². The topological polar surface area (TPSA) is 86.8 Å². The predicted octanol–water partition coefficient (Wildman–Crippen LogP) is 1.81. The minimum absolute atomic E-state index is 0.150. The van der Waals surface area contributed by atoms with Gasteiger partial charge in [0.1, 0.15) is 7.11 Å². The molecule has 0 aliphatic carbocycles. The van der Waals surface area contributed by atoms with E-state index < -0.39 is 9.76 Å². The molecule has 1 heterocycles. The van der Waals surface area contributed by atoms with Crippen molar-refractivity contribution in [3.05, 3.63) is 11.7 Å². The standard InChI is InChI=1S/C8H8Cl3N3O4/c1-3-17-6(15)4(13-16-2)5-12-7(18-14-5)8(9,10)11/h3H2,1-2H3/b13-4-. The van der Waals surface area contributed by atoms with Crippen molar-refractivity contribution in [2.45, 2.75) is 10.7 Å². The summed E-state index contributed by atoms with van der Waals surface area (Å²) >= 11 is 16.6. The zero-order chi connectivity index (χ0) is 13.8. The molecule has 100 valence electrons. The first kappa shape index (κ1) is 15.0. The van der Waals surface area contributed by atoms with Crippen molar-refractivity contribution in [3.63, 3.8) is 0 Å². The van der Waals surface area contributed by atoms with Crippen LogP contribution in [0, 0.1) is 0 Å². The van der Waals surface area contributed by atoms with Gasteiger partial charge < -0.3 is 14.1 Å². The van der Waals surface area contributed by atoms with E-state index in [0.717, 1.165) is 0 Å². The molecule has 1 aromatic heterocycles. The quantitative estimate of drug-likeness (QED) is 0.364. The van der Waals surface area contributed by atoms with Gasteiger partial charge in [-0.05, 0) is 6.92 Å². The van der Waals surface area contributed by atoms with Crippen LogP contribution in [0.2, 0.25) is 0 Å². The molecule has 0 unspecified atom stereocenters. The Balaban J connectivity index is 3.05. The number of carbonyl (C=O) groups is 1. The molecule has 0 aliphatic rings. The van der Waals surface area contributed by atoms with Crippen molar-refractivity contribution in [1.82, 2.24) is 10.1 Å². The van der Waals surface area contributed by atoms with Gasteiger partial charge >= 0.3 is 5.97 Å². The Bertz CT molecular complexity index is 455. The summed E-state index contributed by atoms with van der Waals surface area (Å²) < 4.78 is 7.53. The number of rotatable bonds is 4. The van der Waals surface area contributed by atoms with E-state index in [2.05, 4.69) is 24.7 Å². The number of carbonyl (C=O) groups excluding carboxylic acids is 1. The largest absolute Gasteiger partial charge is 0.461 e. The highest BCUT2D eigenvalue weighted by atomic mass is 35.6. The molecule has 0 N–H and O–H groups in total. The lowest BCUT2D eigenvalue weighted by atomic mass is 10.3. The minimum Gasteiger partial charge on any atom is -0.461 e. The molecule has 18 heavy (non-hydrogen) atoms. The van der Waals surface area contributed by atoms with Gasteiger partial charge in [0, 0.05) is 0 Å². The van der Waals surface area contributed by atoms with Gasteiger partial charge in [0.05, 0.1) is 6.61 Å². The fourth-order valence-corrected chi connectivity index (χ4v) is 1.13. The maximum absolute atomic E-state index is 11.5. The highest BCUT2D eigenvalue weighted by molar-refractivity contribution is 6.66. The van der Waals surface area contributed by atoms with Crippen molar-refractivity contribution < 1.29 is 18.9 Å². The fourth-order valence-electron chi connectivity index (χ4n) is 0.895. The number of oxime groups is 1. The molecule has 0 bridgehead atoms. The van der Waals surface area contributed by atoms with Crippen LogP contribution < -0.4 is 0 Å². The number of halogens is 3. The van der Waals surface area contributed by atoms with E-state index in [9.17, 15) is 4.79 Å². The summed E-state index contributed by atoms with van der Waals surface area (Å²) in [7, 11) is 1.25. The number of nitrogens with zero attached hydrogens (tertiary/aromatic N) is 3. The van der Waals surface area contributed by atoms with E-state index >= 15 is 0 Å². The van der Waals surface area contributed by atoms with E-state index in [-0.39, 0.29) is 24.0 Å². The molecule has 1 rings (SSSR count). The van der Waals surface area contributed by atoms with Gasteiger partial charge in [0.15, 0.2) is 0 Å². The third kappa shape index (κ3) is 3.72. The van der Waals surface area contributed by atoms with Gasteiger partial charge in [-0.15, -0.1) is 0 Å². The molecular formula is C8H8Cl3N3O4. The Morgan fingerprint density at radius 2 is 2.17 bits per heavy atom. The number of aromatic nitrogens is 2. The summed E-state index contributed by atoms with van der Waals surface area (Å²) in [6.45, 7) is 1.78. The zero-order valence-electron chi connectivity index (χ0n) is 9.32. The summed E-state index contributed by atoms with van der Waals surface area (Å²) in [5.41, 5.74) is -0.288. The van der Waals surface area contributed by atoms with Gasteiger partial charge in [0.2, 0.25) is 11.5 Å². The van der Waals surface area contributed by atoms with Crippen LogP contribution in [-0.4, -0.2) is 35.5 Å². The van der Waals surface area contributed by atoms with Crippen LogP contribution in [0.1, 0.15) is 18.6 Å². The first-order valence-electron chi connectivity index (χ1n) is 4.59. The number of ether oxygens (including phenoxy) is 1. The predicted molar refractivity (Wildman–Crippen MR) is 63.7 cm³/mol. The van der Waals surface area contributed by atoms with Crippen molar-refractivity contribution in [2.24, 2.45) is 5.16 Å². The van der Waals surface area contributed by atoms with Crippen LogP contribution in [0.5, 0.6) is 0 Å². The van der Waals surface area contributed by atoms with Crippen LogP contribution in [0.3, 0.4) is 0 Å². The molecule has 0 aliphatic heterocycles. The molecule has 0 radical (unpaired) electrons. The highest BCUT2D eigenvalue weighted by Crippen LogP contribution is 2.36. The molecule has 0 saturated heterocycles. The Hall–Kier alpha value is -1.05. The molecule has 7 nitrogen and oxygen atoms in total. The van der Waals surface area contributed by atoms with Crippen molar-refractivity contribution >= 4 is 46.5 Å².